The van der Waals surface area contributed by atoms with E-state index in [1.807, 2.05) is 0 Å². The molecule has 1 aromatic heterocycles. The molecule has 1 aliphatic carbocycles. The smallest absolute Gasteiger partial charge is 0.265 e. The van der Waals surface area contributed by atoms with Crippen molar-refractivity contribution in [2.24, 2.45) is 24.6 Å². The van der Waals surface area contributed by atoms with Crippen LogP contribution in [0.4, 0.5) is 0 Å². The molecule has 2 aliphatic rings. The van der Waals surface area contributed by atoms with Crippen molar-refractivity contribution < 1.29 is 13.2 Å². The molecule has 1 aromatic rings. The number of fused-ring (bicyclic) bond motifs is 1. The van der Waals surface area contributed by atoms with E-state index in [9.17, 15) is 13.2 Å². The number of rotatable bonds is 4. The minimum Gasteiger partial charge on any atom is -0.364 e. The number of primary amides is 1. The van der Waals surface area contributed by atoms with Crippen LogP contribution in [0.1, 0.15) is 10.5 Å². The van der Waals surface area contributed by atoms with Crippen molar-refractivity contribution >= 4 is 28.3 Å². The van der Waals surface area contributed by atoms with Crippen LogP contribution in [0.2, 0.25) is 0 Å². The Morgan fingerprint density at radius 1 is 1.45 bits per heavy atom. The summed E-state index contributed by atoms with van der Waals surface area (Å²) in [5.41, 5.74) is 5.36. The third-order valence-electron chi connectivity index (χ3n) is 3.93. The second-order valence-corrected chi connectivity index (χ2v) is 6.88. The number of aromatic nitrogens is 1. The summed E-state index contributed by atoms with van der Waals surface area (Å²) in [5.74, 6) is 0.152. The van der Waals surface area contributed by atoms with Crippen LogP contribution in [0.3, 0.4) is 0 Å². The SMILES string of the molecule is Cl.Cn1cc(S(=O)(=O)NC2C3CNCC32)cc1C(N)=O. The molecule has 2 unspecified atom stereocenters. The van der Waals surface area contributed by atoms with Crippen LogP contribution in [0.25, 0.3) is 0 Å². The number of nitrogens with one attached hydrogen (secondary N) is 2. The zero-order chi connectivity index (χ0) is 13.8. The minimum absolute atomic E-state index is 0. The first kappa shape index (κ1) is 15.3. The topological polar surface area (TPSA) is 106 Å². The molecule has 0 spiro atoms. The maximum Gasteiger partial charge on any atom is 0.265 e. The number of amides is 1. The van der Waals surface area contributed by atoms with Crippen LogP contribution >= 0.6 is 12.4 Å². The lowest BCUT2D eigenvalue weighted by atomic mass is 10.4. The van der Waals surface area contributed by atoms with E-state index < -0.39 is 15.9 Å². The van der Waals surface area contributed by atoms with Crippen molar-refractivity contribution in [3.63, 3.8) is 0 Å². The van der Waals surface area contributed by atoms with Gasteiger partial charge in [-0.05, 0) is 31.0 Å². The van der Waals surface area contributed by atoms with Crippen LogP contribution in [0.15, 0.2) is 17.2 Å². The number of carbonyl (C=O) groups is 1. The van der Waals surface area contributed by atoms with Crippen LogP contribution in [0.5, 0.6) is 0 Å². The highest BCUT2D eigenvalue weighted by molar-refractivity contribution is 7.89. The van der Waals surface area contributed by atoms with E-state index in [-0.39, 0.29) is 29.0 Å². The van der Waals surface area contributed by atoms with Crippen molar-refractivity contribution in [3.8, 4) is 0 Å². The second kappa shape index (κ2) is 5.03. The monoisotopic (exact) mass is 320 g/mol. The van der Waals surface area contributed by atoms with E-state index >= 15 is 0 Å². The number of hydrogen-bond acceptors (Lipinski definition) is 4. The Labute approximate surface area is 123 Å². The largest absolute Gasteiger partial charge is 0.364 e. The van der Waals surface area contributed by atoms with Gasteiger partial charge in [0.1, 0.15) is 10.6 Å². The first-order chi connectivity index (χ1) is 8.90. The van der Waals surface area contributed by atoms with E-state index in [4.69, 9.17) is 5.73 Å². The lowest BCUT2D eigenvalue weighted by molar-refractivity contribution is 0.0992. The zero-order valence-electron chi connectivity index (χ0n) is 10.9. The summed E-state index contributed by atoms with van der Waals surface area (Å²) >= 11 is 0. The first-order valence-corrected chi connectivity index (χ1v) is 7.57. The van der Waals surface area contributed by atoms with Crippen molar-refractivity contribution in [1.29, 1.82) is 0 Å². The van der Waals surface area contributed by atoms with Crippen LogP contribution in [-0.4, -0.2) is 38.0 Å². The van der Waals surface area contributed by atoms with Crippen molar-refractivity contribution in [1.82, 2.24) is 14.6 Å². The number of piperidine rings is 1. The Kier molecular flexibility index (Phi) is 3.85. The molecule has 7 nitrogen and oxygen atoms in total. The summed E-state index contributed by atoms with van der Waals surface area (Å²) in [7, 11) is -1.99. The van der Waals surface area contributed by atoms with E-state index in [1.165, 1.54) is 16.8 Å². The Balaban J connectivity index is 0.00000147. The predicted octanol–water partition coefficient (Wildman–Crippen LogP) is -0.958. The van der Waals surface area contributed by atoms with Crippen molar-refractivity contribution in [2.45, 2.75) is 10.9 Å². The maximum absolute atomic E-state index is 12.2. The fourth-order valence-electron chi connectivity index (χ4n) is 2.77. The van der Waals surface area contributed by atoms with Crippen molar-refractivity contribution in [3.05, 3.63) is 18.0 Å². The Bertz CT molecular complexity index is 632. The zero-order valence-corrected chi connectivity index (χ0v) is 12.5. The summed E-state index contributed by atoms with van der Waals surface area (Å²) in [5, 5.41) is 3.21. The van der Waals surface area contributed by atoms with E-state index in [0.29, 0.717) is 11.8 Å². The predicted molar refractivity (Wildman–Crippen MR) is 75.1 cm³/mol. The summed E-state index contributed by atoms with van der Waals surface area (Å²) < 4.78 is 28.5. The molecular weight excluding hydrogens is 304 g/mol. The van der Waals surface area contributed by atoms with Gasteiger partial charge in [-0.25, -0.2) is 13.1 Å². The number of sulfonamides is 1. The molecule has 2 fully saturated rings. The van der Waals surface area contributed by atoms with Gasteiger partial charge in [0.25, 0.3) is 5.91 Å². The molecule has 9 heteroatoms. The minimum atomic E-state index is -3.58. The number of nitrogens with two attached hydrogens (primary N) is 1. The normalized spacial score (nSPS) is 27.8. The second-order valence-electron chi connectivity index (χ2n) is 5.17. The van der Waals surface area contributed by atoms with E-state index in [1.54, 1.807) is 7.05 Å². The van der Waals surface area contributed by atoms with Crippen LogP contribution in [-0.2, 0) is 17.1 Å². The molecule has 3 rings (SSSR count). The fraction of sp³-hybridized carbons (Fsp3) is 0.545. The third-order valence-corrected chi connectivity index (χ3v) is 5.35. The number of nitrogens with zero attached hydrogens (tertiary/aromatic N) is 1. The number of hydrogen-bond donors (Lipinski definition) is 3. The molecule has 0 bridgehead atoms. The standard InChI is InChI=1S/C11H16N4O3S.ClH/c1-15-5-6(2-9(15)11(12)16)19(17,18)14-10-7-3-13-4-8(7)10;/h2,5,7-8,10,13-14H,3-4H2,1H3,(H2,12,16);1H. The molecule has 0 aromatic carbocycles. The molecule has 1 aliphatic heterocycles. The Hall–Kier alpha value is -1.09. The highest BCUT2D eigenvalue weighted by Gasteiger charge is 2.54. The fourth-order valence-corrected chi connectivity index (χ4v) is 4.17. The summed E-state index contributed by atoms with van der Waals surface area (Å²) in [6.07, 6.45) is 1.40. The van der Waals surface area contributed by atoms with Gasteiger partial charge in [0.2, 0.25) is 10.0 Å². The molecule has 0 radical (unpaired) electrons. The van der Waals surface area contributed by atoms with E-state index in [0.717, 1.165) is 13.1 Å². The van der Waals surface area contributed by atoms with Gasteiger partial charge in [0.15, 0.2) is 0 Å². The van der Waals surface area contributed by atoms with Gasteiger partial charge in [-0.3, -0.25) is 4.79 Å². The molecule has 1 saturated heterocycles. The molecule has 1 amide bonds. The average molecular weight is 321 g/mol. The van der Waals surface area contributed by atoms with Crippen LogP contribution in [0, 0.1) is 11.8 Å². The molecule has 1 saturated carbocycles. The lowest BCUT2D eigenvalue weighted by Gasteiger charge is -2.07. The molecule has 20 heavy (non-hydrogen) atoms. The highest BCUT2D eigenvalue weighted by atomic mass is 35.5. The van der Waals surface area contributed by atoms with Gasteiger partial charge < -0.3 is 15.6 Å². The first-order valence-electron chi connectivity index (χ1n) is 6.09. The third kappa shape index (κ3) is 2.44. The summed E-state index contributed by atoms with van der Waals surface area (Å²) in [4.78, 5) is 11.2. The summed E-state index contributed by atoms with van der Waals surface area (Å²) in [6.45, 7) is 1.72. The van der Waals surface area contributed by atoms with Gasteiger partial charge in [-0.2, -0.15) is 0 Å². The van der Waals surface area contributed by atoms with Gasteiger partial charge >= 0.3 is 0 Å². The Morgan fingerprint density at radius 2 is 2.05 bits per heavy atom. The number of halogens is 1. The lowest BCUT2D eigenvalue weighted by Crippen LogP contribution is -2.32. The van der Waals surface area contributed by atoms with Crippen LogP contribution < -0.4 is 15.8 Å². The molecule has 2 heterocycles. The maximum atomic E-state index is 12.2. The quantitative estimate of drug-likeness (QED) is 0.664. The molecular formula is C11H17ClN4O3S. The van der Waals surface area contributed by atoms with Crippen molar-refractivity contribution in [2.75, 3.05) is 13.1 Å². The van der Waals surface area contributed by atoms with Gasteiger partial charge in [-0.15, -0.1) is 12.4 Å². The van der Waals surface area contributed by atoms with Gasteiger partial charge in [0, 0.05) is 19.3 Å². The number of aryl methyl sites for hydroxylation is 1. The number of carbonyl (C=O) groups excluding carboxylic acids is 1. The summed E-state index contributed by atoms with van der Waals surface area (Å²) in [6, 6.07) is 1.32. The molecule has 4 N–H and O–H groups in total. The van der Waals surface area contributed by atoms with Gasteiger partial charge in [-0.1, -0.05) is 0 Å². The Morgan fingerprint density at radius 3 is 2.55 bits per heavy atom. The average Bonchev–Trinajstić information content (AvgIpc) is 2.73. The highest BCUT2D eigenvalue weighted by Crippen LogP contribution is 2.42. The molecule has 2 atom stereocenters. The van der Waals surface area contributed by atoms with Gasteiger partial charge in [0.05, 0.1) is 0 Å². The molecule has 112 valence electrons. The van der Waals surface area contributed by atoms with E-state index in [2.05, 4.69) is 10.0 Å².